The maximum absolute atomic E-state index is 15.0. The van der Waals surface area contributed by atoms with Gasteiger partial charge < -0.3 is 15.8 Å². The molecule has 0 spiro atoms. The van der Waals surface area contributed by atoms with Gasteiger partial charge in [0.1, 0.15) is 41.2 Å². The van der Waals surface area contributed by atoms with Gasteiger partial charge in [-0.15, -0.1) is 0 Å². The molecule has 7 rings (SSSR count). The Bertz CT molecular complexity index is 1890. The van der Waals surface area contributed by atoms with E-state index in [4.69, 9.17) is 15.6 Å². The number of hydrogen-bond acceptors (Lipinski definition) is 9. The molecule has 0 saturated carbocycles. The van der Waals surface area contributed by atoms with Crippen LogP contribution in [0.1, 0.15) is 37.3 Å². The Kier molecular flexibility index (Phi) is 8.02. The van der Waals surface area contributed by atoms with Crippen molar-refractivity contribution in [2.75, 3.05) is 24.1 Å². The van der Waals surface area contributed by atoms with Gasteiger partial charge in [0.15, 0.2) is 5.65 Å². The number of anilines is 2. The fourth-order valence-electron chi connectivity index (χ4n) is 6.13. The first-order valence-corrected chi connectivity index (χ1v) is 15.3. The van der Waals surface area contributed by atoms with Crippen LogP contribution in [0.3, 0.4) is 0 Å². The molecule has 3 aromatic carbocycles. The lowest BCUT2D eigenvalue weighted by Crippen LogP contribution is -2.47. The van der Waals surface area contributed by atoms with Crippen LogP contribution in [0.25, 0.3) is 22.3 Å². The van der Waals surface area contributed by atoms with Crippen LogP contribution in [0.5, 0.6) is 11.5 Å². The van der Waals surface area contributed by atoms with Gasteiger partial charge in [-0.3, -0.25) is 19.8 Å². The van der Waals surface area contributed by atoms with Crippen molar-refractivity contribution in [2.45, 2.75) is 44.3 Å². The molecule has 5 aromatic rings. The van der Waals surface area contributed by atoms with Gasteiger partial charge in [0.05, 0.1) is 17.1 Å². The number of amides is 2. The summed E-state index contributed by atoms with van der Waals surface area (Å²) in [6, 6.07) is 21.9. The Labute approximate surface area is 264 Å². The van der Waals surface area contributed by atoms with Crippen LogP contribution in [0.15, 0.2) is 79.1 Å². The highest BCUT2D eigenvalue weighted by atomic mass is 19.1. The summed E-state index contributed by atoms with van der Waals surface area (Å²) < 4.78 is 22.9. The number of carbonyl (C=O) groups excluding carboxylic acids is 2. The van der Waals surface area contributed by atoms with Gasteiger partial charge in [-0.05, 0) is 73.4 Å². The molecule has 0 bridgehead atoms. The maximum atomic E-state index is 15.0. The van der Waals surface area contributed by atoms with Crippen LogP contribution in [0.2, 0.25) is 0 Å². The number of benzene rings is 3. The first kappa shape index (κ1) is 29.4. The van der Waals surface area contributed by atoms with E-state index in [9.17, 15) is 14.0 Å². The van der Waals surface area contributed by atoms with Gasteiger partial charge in [0.25, 0.3) is 0 Å². The number of likely N-dealkylation sites (tertiary alicyclic amines) is 1. The number of imide groups is 1. The third kappa shape index (κ3) is 6.11. The van der Waals surface area contributed by atoms with E-state index in [0.29, 0.717) is 24.4 Å². The highest BCUT2D eigenvalue weighted by molar-refractivity contribution is 6.01. The van der Waals surface area contributed by atoms with Crippen molar-refractivity contribution in [1.82, 2.24) is 30.0 Å². The van der Waals surface area contributed by atoms with Crippen LogP contribution in [-0.2, 0) is 16.1 Å². The molecule has 2 amide bonds. The lowest BCUT2D eigenvalue weighted by Gasteiger charge is -2.32. The summed E-state index contributed by atoms with van der Waals surface area (Å²) in [6.07, 6.45) is 3.71. The van der Waals surface area contributed by atoms with Crippen molar-refractivity contribution < 1.29 is 18.7 Å². The smallest absolute Gasteiger partial charge is 0.249 e. The maximum Gasteiger partial charge on any atom is 0.249 e. The summed E-state index contributed by atoms with van der Waals surface area (Å²) in [7, 11) is 0. The summed E-state index contributed by atoms with van der Waals surface area (Å²) in [4.78, 5) is 34.6. The molecule has 1 atom stereocenters. The minimum atomic E-state index is -0.635. The Hall–Kier alpha value is -5.36. The fourth-order valence-corrected chi connectivity index (χ4v) is 6.13. The number of halogens is 1. The number of aromatic nitrogens is 4. The lowest BCUT2D eigenvalue weighted by molar-refractivity contribution is -0.133. The second kappa shape index (κ2) is 12.6. The van der Waals surface area contributed by atoms with E-state index in [1.807, 2.05) is 65.3 Å². The molecule has 1 unspecified atom stereocenters. The van der Waals surface area contributed by atoms with E-state index in [2.05, 4.69) is 25.5 Å². The van der Waals surface area contributed by atoms with Crippen molar-refractivity contribution in [1.29, 1.82) is 0 Å². The van der Waals surface area contributed by atoms with Gasteiger partial charge in [-0.2, -0.15) is 5.10 Å². The first-order valence-electron chi connectivity index (χ1n) is 15.3. The zero-order chi connectivity index (χ0) is 31.6. The van der Waals surface area contributed by atoms with Crippen LogP contribution in [0.4, 0.5) is 15.9 Å². The number of ether oxygens (including phenoxy) is 1. The second-order valence-corrected chi connectivity index (χ2v) is 11.7. The molecule has 2 aliphatic heterocycles. The van der Waals surface area contributed by atoms with Gasteiger partial charge in [0, 0.05) is 31.6 Å². The molecule has 0 radical (unpaired) electrons. The fraction of sp³-hybridized carbons (Fsp3) is 0.265. The normalized spacial score (nSPS) is 17.6. The monoisotopic (exact) mass is 620 g/mol. The summed E-state index contributed by atoms with van der Waals surface area (Å²) in [6.45, 7) is 2.19. The predicted molar refractivity (Wildman–Crippen MR) is 171 cm³/mol. The topological polar surface area (TPSA) is 140 Å². The molecule has 2 aromatic heterocycles. The molecular weight excluding hydrogens is 587 g/mol. The first-order chi connectivity index (χ1) is 22.4. The van der Waals surface area contributed by atoms with Gasteiger partial charge in [0.2, 0.25) is 11.8 Å². The molecular formula is C34H33FN8O3. The predicted octanol–water partition coefficient (Wildman–Crippen LogP) is 5.06. The van der Waals surface area contributed by atoms with Crippen LogP contribution in [0, 0.1) is 5.82 Å². The lowest BCUT2D eigenvalue weighted by atomic mass is 10.0. The quantitative estimate of drug-likeness (QED) is 0.203. The SMILES string of the molecule is Nc1ncnc2c1c(-c1ccc(Oc3ccccc3)cc1)nn2C1CCN(Cc2ccc(NC3CCC(=O)NC3=O)c(F)c2)CC1. The van der Waals surface area contributed by atoms with Crippen molar-refractivity contribution in [3.05, 3.63) is 90.5 Å². The van der Waals surface area contributed by atoms with E-state index >= 15 is 0 Å². The molecule has 2 saturated heterocycles. The largest absolute Gasteiger partial charge is 0.457 e. The molecule has 2 fully saturated rings. The number of nitrogens with one attached hydrogen (secondary N) is 2. The number of piperidine rings is 2. The molecule has 12 heteroatoms. The summed E-state index contributed by atoms with van der Waals surface area (Å²) in [5.74, 6) is 0.699. The van der Waals surface area contributed by atoms with Crippen LogP contribution < -0.4 is 21.1 Å². The van der Waals surface area contributed by atoms with Crippen molar-refractivity contribution in [2.24, 2.45) is 0 Å². The Morgan fingerprint density at radius 2 is 1.72 bits per heavy atom. The molecule has 46 heavy (non-hydrogen) atoms. The minimum Gasteiger partial charge on any atom is -0.457 e. The van der Waals surface area contributed by atoms with Crippen molar-refractivity contribution >= 4 is 34.4 Å². The molecule has 0 aliphatic carbocycles. The molecule has 2 aliphatic rings. The molecule has 4 heterocycles. The third-order valence-corrected chi connectivity index (χ3v) is 8.54. The second-order valence-electron chi connectivity index (χ2n) is 11.7. The summed E-state index contributed by atoms with van der Waals surface area (Å²) >= 11 is 0. The number of rotatable bonds is 8. The van der Waals surface area contributed by atoms with Crippen LogP contribution in [-0.4, -0.2) is 55.6 Å². The average Bonchev–Trinajstić information content (AvgIpc) is 3.46. The Balaban J connectivity index is 1.02. The van der Waals surface area contributed by atoms with E-state index in [1.54, 1.807) is 6.07 Å². The number of nitrogens with two attached hydrogens (primary N) is 1. The van der Waals surface area contributed by atoms with E-state index in [1.165, 1.54) is 12.4 Å². The summed E-state index contributed by atoms with van der Waals surface area (Å²) in [5, 5.41) is 11.0. The van der Waals surface area contributed by atoms with Gasteiger partial charge in [-0.1, -0.05) is 24.3 Å². The third-order valence-electron chi connectivity index (χ3n) is 8.54. The zero-order valence-corrected chi connectivity index (χ0v) is 25.0. The number of carbonyl (C=O) groups is 2. The average molecular weight is 621 g/mol. The number of fused-ring (bicyclic) bond motifs is 1. The standard InChI is InChI=1S/C34H33FN8O3/c35-26-18-21(6-11-27(26)39-28-12-13-29(44)40-34(28)45)19-42-16-14-23(15-17-42)43-33-30(32(36)37-20-38-33)31(41-43)22-7-9-25(10-8-22)46-24-4-2-1-3-5-24/h1-11,18,20,23,28,39H,12-17,19H2,(H2,36,37,38)(H,40,44,45). The number of hydrogen-bond donors (Lipinski definition) is 3. The van der Waals surface area contributed by atoms with E-state index < -0.39 is 17.8 Å². The Morgan fingerprint density at radius 1 is 0.957 bits per heavy atom. The Morgan fingerprint density at radius 3 is 2.46 bits per heavy atom. The van der Waals surface area contributed by atoms with Gasteiger partial charge in [-0.25, -0.2) is 19.0 Å². The van der Waals surface area contributed by atoms with E-state index in [-0.39, 0.29) is 24.1 Å². The highest BCUT2D eigenvalue weighted by Gasteiger charge is 2.28. The highest BCUT2D eigenvalue weighted by Crippen LogP contribution is 2.35. The summed E-state index contributed by atoms with van der Waals surface area (Å²) in [5.41, 5.74) is 9.77. The van der Waals surface area contributed by atoms with Gasteiger partial charge >= 0.3 is 0 Å². The number of nitrogen functional groups attached to an aromatic ring is 1. The van der Waals surface area contributed by atoms with E-state index in [0.717, 1.165) is 59.6 Å². The van der Waals surface area contributed by atoms with Crippen LogP contribution >= 0.6 is 0 Å². The zero-order valence-electron chi connectivity index (χ0n) is 25.0. The van der Waals surface area contributed by atoms with Crippen molar-refractivity contribution in [3.8, 4) is 22.8 Å². The molecule has 234 valence electrons. The molecule has 4 N–H and O–H groups in total. The number of nitrogens with zero attached hydrogens (tertiary/aromatic N) is 5. The molecule has 11 nitrogen and oxygen atoms in total. The van der Waals surface area contributed by atoms with Crippen molar-refractivity contribution in [3.63, 3.8) is 0 Å². The minimum absolute atomic E-state index is 0.110. The number of para-hydroxylation sites is 1.